The maximum atomic E-state index is 11.7. The number of para-hydroxylation sites is 1. The van der Waals surface area contributed by atoms with E-state index < -0.39 is 12.2 Å². The van der Waals surface area contributed by atoms with Crippen molar-refractivity contribution < 1.29 is 19.1 Å². The standard InChI is InChI=1S/C21H19NO4/c1-12(23)25-20-15-8-4-3-7-14(15)11-17(20)19-21(26-13(2)24)16-9-5-6-10-18(16)22-19/h3-10,20-22H,11H2,1-2H3/b19-17-. The van der Waals surface area contributed by atoms with Crippen LogP contribution in [-0.4, -0.2) is 11.9 Å². The maximum Gasteiger partial charge on any atom is 0.303 e. The van der Waals surface area contributed by atoms with Crippen LogP contribution in [0.5, 0.6) is 0 Å². The van der Waals surface area contributed by atoms with Gasteiger partial charge in [0.25, 0.3) is 0 Å². The quantitative estimate of drug-likeness (QED) is 0.835. The molecule has 0 bridgehead atoms. The summed E-state index contributed by atoms with van der Waals surface area (Å²) < 4.78 is 11.3. The highest BCUT2D eigenvalue weighted by molar-refractivity contribution is 5.72. The molecule has 0 radical (unpaired) electrons. The van der Waals surface area contributed by atoms with Gasteiger partial charge in [0.2, 0.25) is 0 Å². The molecule has 2 aromatic carbocycles. The van der Waals surface area contributed by atoms with Crippen LogP contribution in [-0.2, 0) is 25.5 Å². The Balaban J connectivity index is 1.84. The van der Waals surface area contributed by atoms with Crippen molar-refractivity contribution in [2.45, 2.75) is 32.5 Å². The fourth-order valence-corrected chi connectivity index (χ4v) is 3.72. The van der Waals surface area contributed by atoms with Crippen LogP contribution in [0.4, 0.5) is 5.69 Å². The Kier molecular flexibility index (Phi) is 3.99. The number of anilines is 1. The van der Waals surface area contributed by atoms with Gasteiger partial charge in [0.1, 0.15) is 0 Å². The van der Waals surface area contributed by atoms with E-state index in [9.17, 15) is 9.59 Å². The molecule has 4 rings (SSSR count). The highest BCUT2D eigenvalue weighted by Crippen LogP contribution is 2.47. The van der Waals surface area contributed by atoms with E-state index >= 15 is 0 Å². The lowest BCUT2D eigenvalue weighted by atomic mass is 10.0. The lowest BCUT2D eigenvalue weighted by Gasteiger charge is -2.20. The SMILES string of the molecule is CC(=O)OC1/C(=C2\Nc3ccccc3C2OC(C)=O)Cc2ccccc21. The van der Waals surface area contributed by atoms with Gasteiger partial charge in [-0.1, -0.05) is 42.5 Å². The van der Waals surface area contributed by atoms with Gasteiger partial charge < -0.3 is 14.8 Å². The van der Waals surface area contributed by atoms with Crippen molar-refractivity contribution in [2.75, 3.05) is 5.32 Å². The van der Waals surface area contributed by atoms with Gasteiger partial charge in [-0.2, -0.15) is 0 Å². The van der Waals surface area contributed by atoms with E-state index in [0.29, 0.717) is 6.42 Å². The van der Waals surface area contributed by atoms with Crippen LogP contribution in [0.3, 0.4) is 0 Å². The molecule has 5 heteroatoms. The van der Waals surface area contributed by atoms with Gasteiger partial charge in [-0.3, -0.25) is 9.59 Å². The third-order valence-corrected chi connectivity index (χ3v) is 4.72. The lowest BCUT2D eigenvalue weighted by Crippen LogP contribution is -2.15. The molecule has 2 aliphatic rings. The number of rotatable bonds is 2. The van der Waals surface area contributed by atoms with Crippen LogP contribution < -0.4 is 5.32 Å². The maximum absolute atomic E-state index is 11.7. The number of carbonyl (C=O) groups is 2. The first-order valence-corrected chi connectivity index (χ1v) is 8.55. The molecule has 0 aromatic heterocycles. The van der Waals surface area contributed by atoms with E-state index in [1.807, 2.05) is 48.5 Å². The molecule has 2 atom stereocenters. The topological polar surface area (TPSA) is 64.6 Å². The predicted molar refractivity (Wildman–Crippen MR) is 96.3 cm³/mol. The van der Waals surface area contributed by atoms with Crippen molar-refractivity contribution in [1.82, 2.24) is 0 Å². The molecular weight excluding hydrogens is 330 g/mol. The van der Waals surface area contributed by atoms with E-state index in [1.54, 1.807) is 0 Å². The van der Waals surface area contributed by atoms with Gasteiger partial charge in [-0.25, -0.2) is 0 Å². The molecule has 0 amide bonds. The first-order chi connectivity index (χ1) is 12.5. The van der Waals surface area contributed by atoms with Gasteiger partial charge >= 0.3 is 11.9 Å². The normalized spacial score (nSPS) is 23.0. The van der Waals surface area contributed by atoms with Crippen LogP contribution in [0.15, 0.2) is 59.8 Å². The molecule has 1 aliphatic carbocycles. The number of fused-ring (bicyclic) bond motifs is 2. The molecule has 0 spiro atoms. The van der Waals surface area contributed by atoms with Crippen molar-refractivity contribution >= 4 is 17.6 Å². The van der Waals surface area contributed by atoms with Crippen molar-refractivity contribution in [3.8, 4) is 0 Å². The summed E-state index contributed by atoms with van der Waals surface area (Å²) in [5, 5.41) is 3.38. The predicted octanol–water partition coefficient (Wildman–Crippen LogP) is 3.83. The van der Waals surface area contributed by atoms with Crippen LogP contribution in [0.25, 0.3) is 0 Å². The minimum atomic E-state index is -0.522. The molecule has 2 unspecified atom stereocenters. The number of hydrogen-bond acceptors (Lipinski definition) is 5. The molecule has 0 fully saturated rings. The fourth-order valence-electron chi connectivity index (χ4n) is 3.72. The third kappa shape index (κ3) is 2.75. The summed E-state index contributed by atoms with van der Waals surface area (Å²) in [5.41, 5.74) is 5.60. The zero-order chi connectivity index (χ0) is 18.3. The summed E-state index contributed by atoms with van der Waals surface area (Å²) in [4.78, 5) is 23.4. The van der Waals surface area contributed by atoms with E-state index in [-0.39, 0.29) is 11.9 Å². The van der Waals surface area contributed by atoms with E-state index in [1.165, 1.54) is 13.8 Å². The number of ether oxygens (including phenoxy) is 2. The zero-order valence-corrected chi connectivity index (χ0v) is 14.6. The van der Waals surface area contributed by atoms with Crippen LogP contribution in [0, 0.1) is 0 Å². The first-order valence-electron chi connectivity index (χ1n) is 8.55. The first kappa shape index (κ1) is 16.4. The summed E-state index contributed by atoms with van der Waals surface area (Å²) in [6, 6.07) is 15.6. The minimum absolute atomic E-state index is 0.343. The van der Waals surface area contributed by atoms with Gasteiger partial charge in [0, 0.05) is 36.2 Å². The second kappa shape index (κ2) is 6.33. The van der Waals surface area contributed by atoms with Crippen LogP contribution in [0.1, 0.15) is 42.7 Å². The minimum Gasteiger partial charge on any atom is -0.453 e. The molecule has 5 nitrogen and oxygen atoms in total. The smallest absolute Gasteiger partial charge is 0.303 e. The van der Waals surface area contributed by atoms with Gasteiger partial charge in [-0.05, 0) is 18.1 Å². The summed E-state index contributed by atoms with van der Waals surface area (Å²) in [5.74, 6) is -0.699. The van der Waals surface area contributed by atoms with Crippen molar-refractivity contribution in [1.29, 1.82) is 0 Å². The zero-order valence-electron chi connectivity index (χ0n) is 14.6. The number of carbonyl (C=O) groups excluding carboxylic acids is 2. The van der Waals surface area contributed by atoms with E-state index in [0.717, 1.165) is 33.6 Å². The monoisotopic (exact) mass is 349 g/mol. The van der Waals surface area contributed by atoms with Crippen molar-refractivity contribution in [2.24, 2.45) is 0 Å². The molecule has 2 aromatic rings. The van der Waals surface area contributed by atoms with Crippen LogP contribution in [0.2, 0.25) is 0 Å². The average Bonchev–Trinajstić information content (AvgIpc) is 3.13. The Labute approximate surface area is 151 Å². The number of benzene rings is 2. The largest absolute Gasteiger partial charge is 0.453 e. The number of esters is 2. The Hall–Kier alpha value is -3.08. The molecule has 26 heavy (non-hydrogen) atoms. The average molecular weight is 349 g/mol. The number of hydrogen-bond donors (Lipinski definition) is 1. The van der Waals surface area contributed by atoms with Gasteiger partial charge in [-0.15, -0.1) is 0 Å². The van der Waals surface area contributed by atoms with Gasteiger partial charge in [0.15, 0.2) is 12.2 Å². The van der Waals surface area contributed by atoms with E-state index in [4.69, 9.17) is 9.47 Å². The molecule has 1 heterocycles. The molecule has 0 saturated carbocycles. The second-order valence-electron chi connectivity index (χ2n) is 6.51. The fraction of sp³-hybridized carbons (Fsp3) is 0.238. The lowest BCUT2D eigenvalue weighted by molar-refractivity contribution is -0.146. The molecular formula is C21H19NO4. The van der Waals surface area contributed by atoms with Crippen molar-refractivity contribution in [3.05, 3.63) is 76.5 Å². The van der Waals surface area contributed by atoms with E-state index in [2.05, 4.69) is 5.32 Å². The molecule has 132 valence electrons. The highest BCUT2D eigenvalue weighted by atomic mass is 16.5. The molecule has 1 aliphatic heterocycles. The highest BCUT2D eigenvalue weighted by Gasteiger charge is 2.38. The Morgan fingerprint density at radius 1 is 0.885 bits per heavy atom. The Bertz CT molecular complexity index is 856. The van der Waals surface area contributed by atoms with Gasteiger partial charge in [0.05, 0.1) is 5.70 Å². The summed E-state index contributed by atoms with van der Waals surface area (Å²) in [7, 11) is 0. The third-order valence-electron chi connectivity index (χ3n) is 4.72. The van der Waals surface area contributed by atoms with Crippen molar-refractivity contribution in [3.63, 3.8) is 0 Å². The second-order valence-corrected chi connectivity index (χ2v) is 6.51. The Morgan fingerprint density at radius 2 is 1.50 bits per heavy atom. The Morgan fingerprint density at radius 3 is 2.23 bits per heavy atom. The number of nitrogens with one attached hydrogen (secondary N) is 1. The molecule has 1 N–H and O–H groups in total. The van der Waals surface area contributed by atoms with Crippen LogP contribution >= 0.6 is 0 Å². The molecule has 0 saturated heterocycles. The summed E-state index contributed by atoms with van der Waals surface area (Å²) in [6.45, 7) is 2.81. The summed E-state index contributed by atoms with van der Waals surface area (Å²) >= 11 is 0. The summed E-state index contributed by atoms with van der Waals surface area (Å²) in [6.07, 6.45) is -0.355.